The van der Waals surface area contributed by atoms with Crippen molar-refractivity contribution in [2.45, 2.75) is 6.10 Å². The lowest BCUT2D eigenvalue weighted by molar-refractivity contribution is 0.0491. The number of hydrogen-bond acceptors (Lipinski definition) is 6. The normalized spacial score (nSPS) is 25.2. The number of amides is 1. The summed E-state index contributed by atoms with van der Waals surface area (Å²) in [4.78, 5) is 18.4. The molecular formula is C15H21N3O5S. The predicted molar refractivity (Wildman–Crippen MR) is 86.3 cm³/mol. The van der Waals surface area contributed by atoms with Gasteiger partial charge in [-0.1, -0.05) is 0 Å². The number of carbonyl (C=O) groups is 1. The number of rotatable bonds is 3. The Balaban J connectivity index is 1.76. The molecule has 0 spiro atoms. The second-order valence-electron chi connectivity index (χ2n) is 6.08. The smallest absolute Gasteiger partial charge is 0.257 e. The van der Waals surface area contributed by atoms with E-state index < -0.39 is 10.0 Å². The van der Waals surface area contributed by atoms with Crippen LogP contribution >= 0.6 is 0 Å². The van der Waals surface area contributed by atoms with E-state index in [-0.39, 0.29) is 17.9 Å². The van der Waals surface area contributed by atoms with Crippen LogP contribution in [-0.4, -0.2) is 80.8 Å². The quantitative estimate of drug-likeness (QED) is 0.747. The molecule has 2 saturated heterocycles. The van der Waals surface area contributed by atoms with Gasteiger partial charge in [-0.15, -0.1) is 0 Å². The second kappa shape index (κ2) is 6.66. The van der Waals surface area contributed by atoms with E-state index in [1.54, 1.807) is 17.2 Å². The minimum absolute atomic E-state index is 0.0287. The molecule has 0 radical (unpaired) electrons. The summed E-state index contributed by atoms with van der Waals surface area (Å²) in [6.45, 7) is 1.99. The van der Waals surface area contributed by atoms with Gasteiger partial charge < -0.3 is 14.4 Å². The molecule has 0 N–H and O–H groups in total. The number of pyridine rings is 1. The van der Waals surface area contributed by atoms with Gasteiger partial charge in [-0.05, 0) is 6.07 Å². The van der Waals surface area contributed by atoms with Gasteiger partial charge in [-0.3, -0.25) is 9.78 Å². The van der Waals surface area contributed by atoms with Crippen molar-refractivity contribution >= 4 is 15.9 Å². The summed E-state index contributed by atoms with van der Waals surface area (Å²) in [5, 5.41) is 0. The molecule has 24 heavy (non-hydrogen) atoms. The van der Waals surface area contributed by atoms with Gasteiger partial charge in [0.2, 0.25) is 10.0 Å². The summed E-state index contributed by atoms with van der Waals surface area (Å²) in [7, 11) is -1.77. The Kier molecular flexibility index (Phi) is 4.75. The Morgan fingerprint density at radius 3 is 2.88 bits per heavy atom. The van der Waals surface area contributed by atoms with Gasteiger partial charge in [-0.2, -0.15) is 4.31 Å². The summed E-state index contributed by atoms with van der Waals surface area (Å²) in [5.41, 5.74) is 0.448. The van der Waals surface area contributed by atoms with Crippen LogP contribution in [0.5, 0.6) is 5.75 Å². The Bertz CT molecular complexity index is 724. The van der Waals surface area contributed by atoms with E-state index in [0.29, 0.717) is 44.1 Å². The van der Waals surface area contributed by atoms with E-state index >= 15 is 0 Å². The van der Waals surface area contributed by atoms with E-state index in [9.17, 15) is 13.2 Å². The molecule has 132 valence electrons. The molecule has 0 saturated carbocycles. The number of fused-ring (bicyclic) bond motifs is 1. The Morgan fingerprint density at radius 1 is 1.38 bits per heavy atom. The van der Waals surface area contributed by atoms with Crippen molar-refractivity contribution in [3.8, 4) is 5.75 Å². The fourth-order valence-corrected chi connectivity index (χ4v) is 4.09. The molecule has 2 aliphatic heterocycles. The van der Waals surface area contributed by atoms with Crippen LogP contribution in [0.25, 0.3) is 0 Å². The van der Waals surface area contributed by atoms with Gasteiger partial charge in [0.15, 0.2) is 0 Å². The highest BCUT2D eigenvalue weighted by Crippen LogP contribution is 2.27. The van der Waals surface area contributed by atoms with Crippen LogP contribution in [0.2, 0.25) is 0 Å². The van der Waals surface area contributed by atoms with Crippen LogP contribution in [0.1, 0.15) is 10.4 Å². The van der Waals surface area contributed by atoms with Gasteiger partial charge in [0, 0.05) is 38.3 Å². The molecular weight excluding hydrogens is 334 g/mol. The van der Waals surface area contributed by atoms with Gasteiger partial charge in [0.1, 0.15) is 5.75 Å². The van der Waals surface area contributed by atoms with E-state index in [4.69, 9.17) is 9.47 Å². The number of nitrogens with zero attached hydrogens (tertiary/aromatic N) is 3. The zero-order valence-corrected chi connectivity index (χ0v) is 14.5. The van der Waals surface area contributed by atoms with Crippen molar-refractivity contribution in [3.05, 3.63) is 24.0 Å². The molecule has 0 unspecified atom stereocenters. The molecule has 3 rings (SSSR count). The highest BCUT2D eigenvalue weighted by Gasteiger charge is 2.40. The van der Waals surface area contributed by atoms with E-state index in [1.165, 1.54) is 23.9 Å². The topological polar surface area (TPSA) is 89.0 Å². The van der Waals surface area contributed by atoms with Crippen LogP contribution in [0, 0.1) is 5.92 Å². The lowest BCUT2D eigenvalue weighted by Gasteiger charge is -2.21. The summed E-state index contributed by atoms with van der Waals surface area (Å²) in [6.07, 6.45) is 4.11. The first-order valence-corrected chi connectivity index (χ1v) is 9.59. The fraction of sp³-hybridized carbons (Fsp3) is 0.600. The Morgan fingerprint density at radius 2 is 2.17 bits per heavy atom. The first-order valence-electron chi connectivity index (χ1n) is 7.74. The van der Waals surface area contributed by atoms with E-state index in [1.807, 2.05) is 0 Å². The maximum Gasteiger partial charge on any atom is 0.257 e. The van der Waals surface area contributed by atoms with Crippen molar-refractivity contribution < 1.29 is 22.7 Å². The number of methoxy groups -OCH3 is 1. The van der Waals surface area contributed by atoms with Crippen molar-refractivity contribution in [1.82, 2.24) is 14.2 Å². The molecule has 1 amide bonds. The standard InChI is InChI=1S/C15H21N3O5S/c1-22-13-7-16-4-3-12(13)15(19)17-8-11-9-18(24(2,20)21)5-6-23-14(11)10-17/h3-4,7,11,14H,5-6,8-10H2,1-2H3/t11-,14-/m1/s1. The molecule has 1 aromatic heterocycles. The largest absolute Gasteiger partial charge is 0.494 e. The minimum Gasteiger partial charge on any atom is -0.494 e. The number of likely N-dealkylation sites (tertiary alicyclic amines) is 1. The lowest BCUT2D eigenvalue weighted by atomic mass is 10.1. The molecule has 2 aliphatic rings. The van der Waals surface area contributed by atoms with Crippen LogP contribution in [0.15, 0.2) is 18.5 Å². The van der Waals surface area contributed by atoms with Crippen LogP contribution in [0.4, 0.5) is 0 Å². The SMILES string of the molecule is COc1cnccc1C(=O)N1C[C@@H]2CN(S(C)(=O)=O)CCO[C@@H]2C1. The molecule has 2 fully saturated rings. The maximum absolute atomic E-state index is 12.8. The van der Waals surface area contributed by atoms with Gasteiger partial charge in [-0.25, -0.2) is 8.42 Å². The molecule has 1 aromatic rings. The molecule has 8 nitrogen and oxygen atoms in total. The third-order valence-electron chi connectivity index (χ3n) is 4.48. The second-order valence-corrected chi connectivity index (χ2v) is 8.06. The first-order chi connectivity index (χ1) is 11.4. The van der Waals surface area contributed by atoms with Crippen LogP contribution < -0.4 is 4.74 Å². The van der Waals surface area contributed by atoms with Gasteiger partial charge in [0.25, 0.3) is 5.91 Å². The number of ether oxygens (including phenoxy) is 2. The van der Waals surface area contributed by atoms with Gasteiger partial charge in [0.05, 0.1) is 37.8 Å². The average molecular weight is 355 g/mol. The summed E-state index contributed by atoms with van der Waals surface area (Å²) in [5.74, 6) is 0.240. The summed E-state index contributed by atoms with van der Waals surface area (Å²) >= 11 is 0. The third-order valence-corrected chi connectivity index (χ3v) is 5.75. The van der Waals surface area contributed by atoms with E-state index in [0.717, 1.165) is 0 Å². The van der Waals surface area contributed by atoms with Crippen molar-refractivity contribution in [2.24, 2.45) is 5.92 Å². The number of aromatic nitrogens is 1. The Labute approximate surface area is 141 Å². The fourth-order valence-electron chi connectivity index (χ4n) is 3.22. The molecule has 2 atom stereocenters. The zero-order chi connectivity index (χ0) is 17.3. The molecule has 0 bridgehead atoms. The molecule has 9 heteroatoms. The highest BCUT2D eigenvalue weighted by molar-refractivity contribution is 7.88. The van der Waals surface area contributed by atoms with Crippen LogP contribution in [0.3, 0.4) is 0 Å². The number of sulfonamides is 1. The Hall–Kier alpha value is -1.71. The monoisotopic (exact) mass is 355 g/mol. The van der Waals surface area contributed by atoms with Crippen molar-refractivity contribution in [3.63, 3.8) is 0 Å². The van der Waals surface area contributed by atoms with Crippen molar-refractivity contribution in [1.29, 1.82) is 0 Å². The molecule has 0 aliphatic carbocycles. The minimum atomic E-state index is -3.27. The van der Waals surface area contributed by atoms with Gasteiger partial charge >= 0.3 is 0 Å². The highest BCUT2D eigenvalue weighted by atomic mass is 32.2. The number of carbonyl (C=O) groups excluding carboxylic acids is 1. The molecule has 0 aromatic carbocycles. The zero-order valence-electron chi connectivity index (χ0n) is 13.7. The van der Waals surface area contributed by atoms with Crippen molar-refractivity contribution in [2.75, 3.05) is 46.2 Å². The van der Waals surface area contributed by atoms with Crippen LogP contribution in [-0.2, 0) is 14.8 Å². The lowest BCUT2D eigenvalue weighted by Crippen LogP contribution is -2.37. The molecule has 3 heterocycles. The average Bonchev–Trinajstić information content (AvgIpc) is 2.84. The third kappa shape index (κ3) is 3.38. The predicted octanol–water partition coefficient (Wildman–Crippen LogP) is -0.177. The summed E-state index contributed by atoms with van der Waals surface area (Å²) < 4.78 is 36.0. The summed E-state index contributed by atoms with van der Waals surface area (Å²) in [6, 6.07) is 1.62. The van der Waals surface area contributed by atoms with E-state index in [2.05, 4.69) is 4.98 Å². The maximum atomic E-state index is 12.8. The first kappa shape index (κ1) is 17.1. The number of hydrogen-bond donors (Lipinski definition) is 0.